The van der Waals surface area contributed by atoms with Crippen molar-refractivity contribution in [3.63, 3.8) is 0 Å². The second kappa shape index (κ2) is 15.9. The van der Waals surface area contributed by atoms with Gasteiger partial charge >= 0.3 is 12.1 Å². The number of carbonyl (C=O) groups is 1. The first-order valence-electron chi connectivity index (χ1n) is 15.7. The monoisotopic (exact) mass is 630 g/mol. The predicted molar refractivity (Wildman–Crippen MR) is 160 cm³/mol. The van der Waals surface area contributed by atoms with Gasteiger partial charge in [0, 0.05) is 12.3 Å². The molecule has 2 aliphatic rings. The fraction of sp³-hybridized carbons (Fsp3) is 0.719. The van der Waals surface area contributed by atoms with E-state index in [-0.39, 0.29) is 48.8 Å². The summed E-state index contributed by atoms with van der Waals surface area (Å²) >= 11 is 0. The van der Waals surface area contributed by atoms with Crippen LogP contribution in [0.3, 0.4) is 0 Å². The number of aliphatic hydroxyl groups excluding tert-OH is 2. The van der Waals surface area contributed by atoms with Crippen molar-refractivity contribution in [2.75, 3.05) is 6.61 Å². The summed E-state index contributed by atoms with van der Waals surface area (Å²) in [6.07, 6.45) is -0.832. The van der Waals surface area contributed by atoms with Gasteiger partial charge in [-0.2, -0.15) is 13.2 Å². The maximum Gasteiger partial charge on any atom is 0.416 e. The third kappa shape index (κ3) is 10.0. The van der Waals surface area contributed by atoms with Crippen molar-refractivity contribution in [2.45, 2.75) is 128 Å². The highest BCUT2D eigenvalue weighted by Gasteiger charge is 2.58. The number of benzene rings is 1. The molecule has 3 rings (SSSR count). The Morgan fingerprint density at radius 2 is 1.81 bits per heavy atom. The molecule has 0 amide bonds. The summed E-state index contributed by atoms with van der Waals surface area (Å²) < 4.78 is 63.7. The molecule has 7 nitrogen and oxygen atoms in total. The molecule has 11 heteroatoms. The second-order valence-electron chi connectivity index (χ2n) is 12.1. The van der Waals surface area contributed by atoms with Gasteiger partial charge in [-0.15, -0.1) is 0 Å². The number of rotatable bonds is 17. The van der Waals surface area contributed by atoms with Crippen molar-refractivity contribution < 1.29 is 46.8 Å². The Morgan fingerprint density at radius 1 is 1.12 bits per heavy atom. The lowest BCUT2D eigenvalue weighted by Crippen LogP contribution is -2.45. The molecule has 244 valence electrons. The number of epoxide rings is 1. The molecular weight excluding hydrogens is 581 g/mol. The van der Waals surface area contributed by atoms with E-state index in [1.807, 2.05) is 26.0 Å². The highest BCUT2D eigenvalue weighted by Crippen LogP contribution is 2.47. The lowest BCUT2D eigenvalue weighted by Gasteiger charge is -2.33. The van der Waals surface area contributed by atoms with Gasteiger partial charge in [0.15, 0.2) is 8.32 Å². The van der Waals surface area contributed by atoms with Crippen LogP contribution in [-0.2, 0) is 24.9 Å². The van der Waals surface area contributed by atoms with Crippen molar-refractivity contribution in [2.24, 2.45) is 11.8 Å². The van der Waals surface area contributed by atoms with Gasteiger partial charge in [0.2, 0.25) is 0 Å². The lowest BCUT2D eigenvalue weighted by atomic mass is 9.86. The number of alkyl halides is 3. The van der Waals surface area contributed by atoms with Crippen LogP contribution in [-0.4, -0.2) is 67.7 Å². The predicted octanol–water partition coefficient (Wildman–Crippen LogP) is 6.67. The first-order chi connectivity index (χ1) is 20.3. The minimum atomic E-state index is -4.48. The Bertz CT molecular complexity index is 1040. The van der Waals surface area contributed by atoms with E-state index < -0.39 is 44.5 Å². The topological polar surface area (TPSA) is 97.8 Å². The molecule has 1 saturated carbocycles. The van der Waals surface area contributed by atoms with Crippen LogP contribution in [0.15, 0.2) is 36.4 Å². The molecule has 0 radical (unpaired) electrons. The number of esters is 1. The maximum absolute atomic E-state index is 13.3. The summed E-state index contributed by atoms with van der Waals surface area (Å²) in [5, 5.41) is 21.7. The molecule has 1 unspecified atom stereocenters. The van der Waals surface area contributed by atoms with Gasteiger partial charge in [-0.25, -0.2) is 0 Å². The summed E-state index contributed by atoms with van der Waals surface area (Å²) in [5.41, 5.74) is -0.781. The largest absolute Gasteiger partial charge is 0.491 e. The molecule has 1 aromatic rings. The van der Waals surface area contributed by atoms with E-state index in [0.717, 1.165) is 30.3 Å². The lowest BCUT2D eigenvalue weighted by molar-refractivity contribution is -0.147. The van der Waals surface area contributed by atoms with Gasteiger partial charge in [0.1, 0.15) is 24.6 Å². The van der Waals surface area contributed by atoms with E-state index in [0.29, 0.717) is 25.7 Å². The molecule has 1 aromatic carbocycles. The molecule has 0 spiro atoms. The van der Waals surface area contributed by atoms with Crippen LogP contribution < -0.4 is 4.74 Å². The van der Waals surface area contributed by atoms with Crippen molar-refractivity contribution in [3.8, 4) is 5.75 Å². The first kappa shape index (κ1) is 35.6. The molecule has 7 atom stereocenters. The van der Waals surface area contributed by atoms with Crippen LogP contribution in [0, 0.1) is 11.8 Å². The fourth-order valence-electron chi connectivity index (χ4n) is 6.16. The summed E-state index contributed by atoms with van der Waals surface area (Å²) in [5.74, 6) is -0.645. The Balaban J connectivity index is 1.67. The van der Waals surface area contributed by atoms with Crippen molar-refractivity contribution in [1.82, 2.24) is 0 Å². The molecule has 1 aliphatic heterocycles. The van der Waals surface area contributed by atoms with E-state index >= 15 is 0 Å². The quantitative estimate of drug-likeness (QED) is 0.0653. The normalized spacial score (nSPS) is 26.7. The summed E-state index contributed by atoms with van der Waals surface area (Å²) in [7, 11) is -2.15. The molecular formula is C32H49F3O7Si. The number of ether oxygens (including phenoxy) is 3. The van der Waals surface area contributed by atoms with Gasteiger partial charge in [-0.3, -0.25) is 4.79 Å². The smallest absolute Gasteiger partial charge is 0.416 e. The van der Waals surface area contributed by atoms with Crippen LogP contribution >= 0.6 is 0 Å². The van der Waals surface area contributed by atoms with Crippen LogP contribution in [0.5, 0.6) is 5.75 Å². The van der Waals surface area contributed by atoms with Gasteiger partial charge in [0.05, 0.1) is 30.0 Å². The molecule has 43 heavy (non-hydrogen) atoms. The molecule has 1 heterocycles. The molecule has 0 bridgehead atoms. The minimum Gasteiger partial charge on any atom is -0.491 e. The van der Waals surface area contributed by atoms with Crippen molar-refractivity contribution in [1.29, 1.82) is 0 Å². The van der Waals surface area contributed by atoms with Crippen molar-refractivity contribution in [3.05, 3.63) is 42.0 Å². The summed E-state index contributed by atoms with van der Waals surface area (Å²) in [6, 6.07) is 7.44. The number of carbonyl (C=O) groups excluding carboxylic acids is 1. The van der Waals surface area contributed by atoms with Crippen LogP contribution in [0.2, 0.25) is 18.1 Å². The summed E-state index contributed by atoms with van der Waals surface area (Å²) in [6.45, 7) is 9.95. The number of hydrogen-bond acceptors (Lipinski definition) is 7. The average molecular weight is 631 g/mol. The van der Waals surface area contributed by atoms with E-state index in [2.05, 4.69) is 20.8 Å². The zero-order valence-corrected chi connectivity index (χ0v) is 27.0. The zero-order chi connectivity index (χ0) is 31.8. The number of halogens is 3. The molecule has 1 aliphatic carbocycles. The summed E-state index contributed by atoms with van der Waals surface area (Å²) in [4.78, 5) is 11.7. The Kier molecular flexibility index (Phi) is 13.1. The van der Waals surface area contributed by atoms with Gasteiger partial charge in [-0.1, -0.05) is 39.0 Å². The van der Waals surface area contributed by atoms with E-state index in [1.165, 1.54) is 12.1 Å². The van der Waals surface area contributed by atoms with Crippen LogP contribution in [0.25, 0.3) is 0 Å². The number of allylic oxidation sites excluding steroid dienone is 2. The Hall–Kier alpha value is -1.92. The SMILES string of the molecule is CC[Si](CC)(CC)O[C@@H](COc1cccc(C(F)(F)F)c1)C1O[C@@H]1[C@@H]1[C@@H](C/C=C\CCCC(=O)OC(C)C)[C@@H](O)C[C@H]1O. The van der Waals surface area contributed by atoms with Crippen LogP contribution in [0.1, 0.15) is 72.3 Å². The first-order valence-corrected chi connectivity index (χ1v) is 18.2. The highest BCUT2D eigenvalue weighted by atomic mass is 28.4. The maximum atomic E-state index is 13.3. The Labute approximate surface area is 254 Å². The molecule has 2 N–H and O–H groups in total. The second-order valence-corrected chi connectivity index (χ2v) is 16.8. The third-order valence-electron chi connectivity index (χ3n) is 8.83. The third-order valence-corrected chi connectivity index (χ3v) is 13.5. The zero-order valence-electron chi connectivity index (χ0n) is 26.0. The van der Waals surface area contributed by atoms with E-state index in [4.69, 9.17) is 18.6 Å². The number of aliphatic hydroxyl groups is 2. The highest BCUT2D eigenvalue weighted by molar-refractivity contribution is 6.73. The number of hydrogen-bond donors (Lipinski definition) is 2. The molecule has 0 aromatic heterocycles. The molecule has 2 fully saturated rings. The van der Waals surface area contributed by atoms with Gasteiger partial charge in [0.25, 0.3) is 0 Å². The van der Waals surface area contributed by atoms with E-state index in [1.54, 1.807) is 0 Å². The fourth-order valence-corrected chi connectivity index (χ4v) is 9.00. The van der Waals surface area contributed by atoms with Gasteiger partial charge in [-0.05, 0) is 81.8 Å². The van der Waals surface area contributed by atoms with Crippen LogP contribution in [0.4, 0.5) is 13.2 Å². The number of unbranched alkanes of at least 4 members (excludes halogenated alkanes) is 1. The minimum absolute atomic E-state index is 0.0202. The van der Waals surface area contributed by atoms with Crippen molar-refractivity contribution >= 4 is 14.3 Å². The molecule has 1 saturated heterocycles. The Morgan fingerprint density at radius 3 is 2.44 bits per heavy atom. The average Bonchev–Trinajstić information content (AvgIpc) is 3.68. The van der Waals surface area contributed by atoms with E-state index in [9.17, 15) is 28.2 Å². The standard InChI is InChI=1S/C32H49F3O7Si/c1-6-43(7-2,8-3)42-27(20-39-23-15-13-14-22(18-23)32(33,34)35)30-31(41-30)29-24(25(36)19-26(29)37)16-11-9-10-12-17-28(38)40-21(4)5/h9,11,13-15,18,21,24-27,29-31,36-37H,6-8,10,12,16-17,19-20H2,1-5H3/b11-9-/t24-,25-,26+,27-,29+,30?,31+/m0/s1. The van der Waals surface area contributed by atoms with Gasteiger partial charge < -0.3 is 28.8 Å².